The van der Waals surface area contributed by atoms with E-state index in [-0.39, 0.29) is 30.1 Å². The number of fused-ring (bicyclic) bond motifs is 1. The van der Waals surface area contributed by atoms with Crippen LogP contribution < -0.4 is 5.32 Å². The fourth-order valence-electron chi connectivity index (χ4n) is 3.27. The van der Waals surface area contributed by atoms with E-state index in [0.29, 0.717) is 11.8 Å². The molecular formula is C22H20F2N4O2. The van der Waals surface area contributed by atoms with E-state index in [1.54, 1.807) is 0 Å². The largest absolute Gasteiger partial charge is 0.441 e. The number of para-hydroxylation sites is 2. The van der Waals surface area contributed by atoms with E-state index in [2.05, 4.69) is 22.2 Å². The van der Waals surface area contributed by atoms with Gasteiger partial charge in [-0.3, -0.25) is 10.1 Å². The second kappa shape index (κ2) is 8.44. The van der Waals surface area contributed by atoms with Gasteiger partial charge in [-0.15, -0.1) is 0 Å². The first-order valence-corrected chi connectivity index (χ1v) is 9.70. The first-order valence-electron chi connectivity index (χ1n) is 9.70. The van der Waals surface area contributed by atoms with Crippen LogP contribution in [0.3, 0.4) is 0 Å². The zero-order valence-electron chi connectivity index (χ0n) is 16.4. The van der Waals surface area contributed by atoms with Crippen molar-refractivity contribution in [2.75, 3.05) is 5.32 Å². The summed E-state index contributed by atoms with van der Waals surface area (Å²) in [6, 6.07) is 10.9. The average molecular weight is 410 g/mol. The van der Waals surface area contributed by atoms with Crippen molar-refractivity contribution in [1.82, 2.24) is 14.5 Å². The molecule has 30 heavy (non-hydrogen) atoms. The second-order valence-corrected chi connectivity index (χ2v) is 6.87. The number of nitrogens with zero attached hydrogens (tertiary/aromatic N) is 3. The first-order chi connectivity index (χ1) is 14.5. The normalized spacial score (nSPS) is 11.2. The smallest absolute Gasteiger partial charge is 0.227 e. The summed E-state index contributed by atoms with van der Waals surface area (Å²) in [6.45, 7) is 2.80. The number of oxazole rings is 1. The van der Waals surface area contributed by atoms with Gasteiger partial charge in [0.25, 0.3) is 0 Å². The zero-order chi connectivity index (χ0) is 21.1. The number of rotatable bonds is 7. The monoisotopic (exact) mass is 410 g/mol. The van der Waals surface area contributed by atoms with Crippen LogP contribution in [0, 0.1) is 11.6 Å². The number of carbonyl (C=O) groups excluding carboxylic acids is 1. The number of nitrogens with one attached hydrogen (secondary N) is 1. The van der Waals surface area contributed by atoms with Crippen LogP contribution in [0.5, 0.6) is 0 Å². The highest BCUT2D eigenvalue weighted by Gasteiger charge is 2.15. The standard InChI is InChI=1S/C22H20F2N4O2/c1-2-11-28-18-6-4-3-5-17(18)26-22(28)27-20(29)9-10-21-25-13-19(30-21)15-8-7-14(23)12-16(15)24/h3-8,12-13H,2,9-11H2,1H3,(H,26,27,29). The molecular weight excluding hydrogens is 390 g/mol. The van der Waals surface area contributed by atoms with E-state index in [4.69, 9.17) is 4.42 Å². The molecule has 0 bridgehead atoms. The molecule has 1 amide bonds. The van der Waals surface area contributed by atoms with Crippen molar-refractivity contribution in [3.05, 3.63) is 66.2 Å². The van der Waals surface area contributed by atoms with Gasteiger partial charge in [0.15, 0.2) is 11.7 Å². The summed E-state index contributed by atoms with van der Waals surface area (Å²) in [6.07, 6.45) is 2.64. The molecule has 1 N–H and O–H groups in total. The van der Waals surface area contributed by atoms with Gasteiger partial charge in [-0.2, -0.15) is 0 Å². The maximum absolute atomic E-state index is 13.9. The molecule has 2 aromatic carbocycles. The van der Waals surface area contributed by atoms with E-state index in [1.807, 2.05) is 28.8 Å². The lowest BCUT2D eigenvalue weighted by atomic mass is 10.2. The number of halogens is 2. The number of benzene rings is 2. The highest BCUT2D eigenvalue weighted by atomic mass is 19.1. The van der Waals surface area contributed by atoms with Crippen LogP contribution in [-0.2, 0) is 17.8 Å². The van der Waals surface area contributed by atoms with Gasteiger partial charge in [0.2, 0.25) is 11.9 Å². The predicted octanol–water partition coefficient (Wildman–Crippen LogP) is 4.95. The topological polar surface area (TPSA) is 73.0 Å². The van der Waals surface area contributed by atoms with E-state index in [1.165, 1.54) is 12.3 Å². The SMILES string of the molecule is CCCn1c(NC(=O)CCc2ncc(-c3ccc(F)cc3F)o2)nc2ccccc21. The first kappa shape index (κ1) is 19.8. The van der Waals surface area contributed by atoms with Gasteiger partial charge in [-0.1, -0.05) is 19.1 Å². The molecule has 2 aromatic heterocycles. The number of anilines is 1. The lowest BCUT2D eigenvalue weighted by Crippen LogP contribution is -2.16. The second-order valence-electron chi connectivity index (χ2n) is 6.87. The molecule has 0 radical (unpaired) electrons. The molecule has 0 aliphatic rings. The number of imidazole rings is 1. The van der Waals surface area contributed by atoms with Gasteiger partial charge in [-0.25, -0.2) is 18.7 Å². The molecule has 4 aromatic rings. The minimum atomic E-state index is -0.731. The Hall–Kier alpha value is -3.55. The van der Waals surface area contributed by atoms with Crippen LogP contribution in [-0.4, -0.2) is 20.4 Å². The van der Waals surface area contributed by atoms with Crippen molar-refractivity contribution in [2.24, 2.45) is 0 Å². The quantitative estimate of drug-likeness (QED) is 0.468. The summed E-state index contributed by atoms with van der Waals surface area (Å²) >= 11 is 0. The lowest BCUT2D eigenvalue weighted by Gasteiger charge is -2.08. The Morgan fingerprint density at radius 2 is 2.03 bits per heavy atom. The van der Waals surface area contributed by atoms with Crippen LogP contribution in [0.15, 0.2) is 53.1 Å². The Kier molecular flexibility index (Phi) is 5.56. The van der Waals surface area contributed by atoms with Gasteiger partial charge in [0, 0.05) is 25.5 Å². The molecule has 8 heteroatoms. The Morgan fingerprint density at radius 3 is 2.83 bits per heavy atom. The third-order valence-electron chi connectivity index (χ3n) is 4.67. The minimum Gasteiger partial charge on any atom is -0.441 e. The Morgan fingerprint density at radius 1 is 1.20 bits per heavy atom. The number of amides is 1. The molecule has 6 nitrogen and oxygen atoms in total. The number of hydrogen-bond donors (Lipinski definition) is 1. The van der Waals surface area contributed by atoms with Crippen molar-refractivity contribution < 1.29 is 18.0 Å². The molecule has 0 fully saturated rings. The maximum atomic E-state index is 13.9. The fourth-order valence-corrected chi connectivity index (χ4v) is 3.27. The Balaban J connectivity index is 1.43. The van der Waals surface area contributed by atoms with Crippen molar-refractivity contribution in [3.63, 3.8) is 0 Å². The summed E-state index contributed by atoms with van der Waals surface area (Å²) in [4.78, 5) is 21.0. The molecule has 0 unspecified atom stereocenters. The molecule has 2 heterocycles. The van der Waals surface area contributed by atoms with E-state index in [0.717, 1.165) is 36.1 Å². The van der Waals surface area contributed by atoms with E-state index < -0.39 is 11.6 Å². The molecule has 4 rings (SSSR count). The van der Waals surface area contributed by atoms with Crippen LogP contribution in [0.2, 0.25) is 0 Å². The number of hydrogen-bond acceptors (Lipinski definition) is 4. The molecule has 0 spiro atoms. The highest BCUT2D eigenvalue weighted by molar-refractivity contribution is 5.91. The molecule has 0 aliphatic heterocycles. The van der Waals surface area contributed by atoms with Crippen molar-refractivity contribution >= 4 is 22.9 Å². The third-order valence-corrected chi connectivity index (χ3v) is 4.67. The number of carbonyl (C=O) groups is 1. The lowest BCUT2D eigenvalue weighted by molar-refractivity contribution is -0.116. The molecule has 154 valence electrons. The van der Waals surface area contributed by atoms with E-state index >= 15 is 0 Å². The van der Waals surface area contributed by atoms with Crippen molar-refractivity contribution in [3.8, 4) is 11.3 Å². The predicted molar refractivity (Wildman–Crippen MR) is 109 cm³/mol. The minimum absolute atomic E-state index is 0.118. The van der Waals surface area contributed by atoms with Gasteiger partial charge in [0.1, 0.15) is 11.6 Å². The molecule has 0 aliphatic carbocycles. The highest BCUT2D eigenvalue weighted by Crippen LogP contribution is 2.25. The van der Waals surface area contributed by atoms with Crippen LogP contribution in [0.4, 0.5) is 14.7 Å². The maximum Gasteiger partial charge on any atom is 0.227 e. The Bertz CT molecular complexity index is 1200. The van der Waals surface area contributed by atoms with Crippen LogP contribution in [0.25, 0.3) is 22.4 Å². The van der Waals surface area contributed by atoms with Crippen molar-refractivity contribution in [1.29, 1.82) is 0 Å². The summed E-state index contributed by atoms with van der Waals surface area (Å²) in [7, 11) is 0. The third kappa shape index (κ3) is 4.07. The summed E-state index contributed by atoms with van der Waals surface area (Å²) in [5.41, 5.74) is 1.90. The molecule has 0 atom stereocenters. The number of aromatic nitrogens is 3. The van der Waals surface area contributed by atoms with Gasteiger partial charge in [0.05, 0.1) is 22.8 Å². The summed E-state index contributed by atoms with van der Waals surface area (Å²) in [5.74, 6) is -0.634. The van der Waals surface area contributed by atoms with Crippen LogP contribution in [0.1, 0.15) is 25.7 Å². The fraction of sp³-hybridized carbons (Fsp3) is 0.227. The summed E-state index contributed by atoms with van der Waals surface area (Å²) < 4.78 is 34.5. The van der Waals surface area contributed by atoms with Crippen molar-refractivity contribution in [2.45, 2.75) is 32.7 Å². The Labute approximate surface area is 171 Å². The van der Waals surface area contributed by atoms with Gasteiger partial charge >= 0.3 is 0 Å². The zero-order valence-corrected chi connectivity index (χ0v) is 16.4. The summed E-state index contributed by atoms with van der Waals surface area (Å²) in [5, 5.41) is 2.85. The van der Waals surface area contributed by atoms with Gasteiger partial charge in [-0.05, 0) is 30.7 Å². The van der Waals surface area contributed by atoms with Gasteiger partial charge < -0.3 is 8.98 Å². The van der Waals surface area contributed by atoms with E-state index in [9.17, 15) is 13.6 Å². The number of aryl methyl sites for hydroxylation is 2. The molecule has 0 saturated heterocycles. The van der Waals surface area contributed by atoms with Crippen LogP contribution >= 0.6 is 0 Å². The average Bonchev–Trinajstić information content (AvgIpc) is 3.32. The molecule has 0 saturated carbocycles.